The number of hydrogen-bond acceptors (Lipinski definition) is 3. The lowest BCUT2D eigenvalue weighted by Gasteiger charge is -2.14. The van der Waals surface area contributed by atoms with Crippen molar-refractivity contribution in [2.75, 3.05) is 0 Å². The van der Waals surface area contributed by atoms with Crippen molar-refractivity contribution in [2.45, 2.75) is 26.3 Å². The lowest BCUT2D eigenvalue weighted by molar-refractivity contribution is 0.417. The molecule has 1 aromatic heterocycles. The Hall–Kier alpha value is -1.29. The molecule has 1 atom stereocenters. The van der Waals surface area contributed by atoms with Gasteiger partial charge in [-0.3, -0.25) is 5.84 Å². The fourth-order valence-corrected chi connectivity index (χ4v) is 2.08. The number of rotatable bonds is 4. The third-order valence-electron chi connectivity index (χ3n) is 3.15. The van der Waals surface area contributed by atoms with Crippen molar-refractivity contribution in [3.63, 3.8) is 0 Å². The summed E-state index contributed by atoms with van der Waals surface area (Å²) in [6.07, 6.45) is 0.765. The van der Waals surface area contributed by atoms with Crippen molar-refractivity contribution >= 4 is 11.6 Å². The van der Waals surface area contributed by atoms with E-state index in [0.29, 0.717) is 5.22 Å². The van der Waals surface area contributed by atoms with E-state index in [9.17, 15) is 0 Å². The van der Waals surface area contributed by atoms with E-state index in [-0.39, 0.29) is 6.04 Å². The second-order valence-electron chi connectivity index (χ2n) is 4.48. The maximum absolute atomic E-state index is 5.78. The third kappa shape index (κ3) is 2.93. The Balaban J connectivity index is 2.17. The van der Waals surface area contributed by atoms with Crippen molar-refractivity contribution in [3.05, 3.63) is 58.0 Å². The fraction of sp³-hybridized carbons (Fsp3) is 0.286. The van der Waals surface area contributed by atoms with Crippen molar-refractivity contribution in [1.82, 2.24) is 5.43 Å². The van der Waals surface area contributed by atoms with E-state index in [0.717, 1.165) is 12.2 Å². The highest BCUT2D eigenvalue weighted by molar-refractivity contribution is 6.28. The molecule has 4 heteroatoms. The molecule has 2 aromatic rings. The van der Waals surface area contributed by atoms with E-state index < -0.39 is 0 Å². The van der Waals surface area contributed by atoms with Gasteiger partial charge in [-0.1, -0.05) is 18.2 Å². The number of hydrogen-bond donors (Lipinski definition) is 2. The Kier molecular flexibility index (Phi) is 4.07. The van der Waals surface area contributed by atoms with Crippen LogP contribution in [0, 0.1) is 13.8 Å². The van der Waals surface area contributed by atoms with Crippen LogP contribution in [0.1, 0.15) is 28.5 Å². The second kappa shape index (κ2) is 5.57. The molecule has 18 heavy (non-hydrogen) atoms. The molecule has 0 aliphatic heterocycles. The molecule has 0 aliphatic rings. The lowest BCUT2D eigenvalue weighted by atomic mass is 10.00. The van der Waals surface area contributed by atoms with E-state index in [1.807, 2.05) is 6.07 Å². The second-order valence-corrected chi connectivity index (χ2v) is 4.86. The molecule has 0 spiro atoms. The highest BCUT2D eigenvalue weighted by Gasteiger charge is 2.14. The molecule has 0 radical (unpaired) electrons. The summed E-state index contributed by atoms with van der Waals surface area (Å²) in [5.74, 6) is 6.33. The molecule has 0 bridgehead atoms. The number of aryl methyl sites for hydroxylation is 2. The standard InChI is InChI=1S/C14H17ClN2O/c1-9-3-4-11(7-10(9)2)8-12(17-16)13-5-6-14(15)18-13/h3-7,12,17H,8,16H2,1-2H3. The highest BCUT2D eigenvalue weighted by atomic mass is 35.5. The normalized spacial score (nSPS) is 12.7. The summed E-state index contributed by atoms with van der Waals surface area (Å²) < 4.78 is 5.39. The zero-order valence-electron chi connectivity index (χ0n) is 10.5. The Bertz CT molecular complexity index is 536. The molecule has 3 N–H and O–H groups in total. The minimum absolute atomic E-state index is 0.0698. The smallest absolute Gasteiger partial charge is 0.193 e. The molecule has 2 rings (SSSR count). The van der Waals surface area contributed by atoms with Gasteiger partial charge >= 0.3 is 0 Å². The monoisotopic (exact) mass is 264 g/mol. The molecule has 3 nitrogen and oxygen atoms in total. The lowest BCUT2D eigenvalue weighted by Crippen LogP contribution is -2.29. The topological polar surface area (TPSA) is 51.2 Å². The Morgan fingerprint density at radius 3 is 2.56 bits per heavy atom. The molecule has 0 amide bonds. The summed E-state index contributed by atoms with van der Waals surface area (Å²) in [6.45, 7) is 4.21. The van der Waals surface area contributed by atoms with Gasteiger partial charge in [0.25, 0.3) is 0 Å². The Morgan fingerprint density at radius 1 is 1.22 bits per heavy atom. The van der Waals surface area contributed by atoms with Gasteiger partial charge in [0, 0.05) is 0 Å². The minimum atomic E-state index is -0.0698. The molecule has 0 aliphatic carbocycles. The van der Waals surface area contributed by atoms with Crippen LogP contribution in [0.4, 0.5) is 0 Å². The van der Waals surface area contributed by atoms with E-state index >= 15 is 0 Å². The predicted octanol–water partition coefficient (Wildman–Crippen LogP) is 3.30. The van der Waals surface area contributed by atoms with Crippen molar-refractivity contribution in [1.29, 1.82) is 0 Å². The molecular formula is C14H17ClN2O. The van der Waals surface area contributed by atoms with Crippen LogP contribution in [-0.2, 0) is 6.42 Å². The zero-order valence-corrected chi connectivity index (χ0v) is 11.3. The summed E-state index contributed by atoms with van der Waals surface area (Å²) >= 11 is 5.78. The SMILES string of the molecule is Cc1ccc(CC(NN)c2ccc(Cl)o2)cc1C. The van der Waals surface area contributed by atoms with Crippen LogP contribution in [0.3, 0.4) is 0 Å². The first kappa shape index (κ1) is 13.1. The van der Waals surface area contributed by atoms with Crippen molar-refractivity contribution in [2.24, 2.45) is 5.84 Å². The highest BCUT2D eigenvalue weighted by Crippen LogP contribution is 2.23. The van der Waals surface area contributed by atoms with Gasteiger partial charge in [0.1, 0.15) is 5.76 Å². The van der Waals surface area contributed by atoms with Gasteiger partial charge in [-0.15, -0.1) is 0 Å². The average molecular weight is 265 g/mol. The summed E-state index contributed by atoms with van der Waals surface area (Å²) in [5.41, 5.74) is 6.55. The van der Waals surface area contributed by atoms with Crippen LogP contribution in [0.25, 0.3) is 0 Å². The third-order valence-corrected chi connectivity index (χ3v) is 3.35. The van der Waals surface area contributed by atoms with Gasteiger partial charge in [-0.05, 0) is 60.7 Å². The van der Waals surface area contributed by atoms with Crippen LogP contribution in [-0.4, -0.2) is 0 Å². The molecule has 0 saturated heterocycles. The van der Waals surface area contributed by atoms with Crippen LogP contribution in [0.15, 0.2) is 34.7 Å². The van der Waals surface area contributed by atoms with E-state index in [4.69, 9.17) is 21.9 Å². The van der Waals surface area contributed by atoms with Gasteiger partial charge in [-0.2, -0.15) is 0 Å². The van der Waals surface area contributed by atoms with E-state index in [1.54, 1.807) is 6.07 Å². The minimum Gasteiger partial charge on any atom is -0.448 e. The van der Waals surface area contributed by atoms with E-state index in [2.05, 4.69) is 37.5 Å². The molecule has 0 saturated carbocycles. The average Bonchev–Trinajstić information content (AvgIpc) is 2.77. The number of nitrogens with one attached hydrogen (secondary N) is 1. The summed E-state index contributed by atoms with van der Waals surface area (Å²) in [7, 11) is 0. The first-order chi connectivity index (χ1) is 8.60. The molecule has 96 valence electrons. The zero-order chi connectivity index (χ0) is 13.1. The molecule has 1 unspecified atom stereocenters. The van der Waals surface area contributed by atoms with Crippen LogP contribution >= 0.6 is 11.6 Å². The molecule has 1 heterocycles. The molecular weight excluding hydrogens is 248 g/mol. The maximum atomic E-state index is 5.78. The predicted molar refractivity (Wildman–Crippen MR) is 73.4 cm³/mol. The first-order valence-electron chi connectivity index (χ1n) is 5.87. The Labute approximate surface area is 112 Å². The fourth-order valence-electron chi connectivity index (χ4n) is 1.92. The Morgan fingerprint density at radius 2 is 2.00 bits per heavy atom. The number of nitrogens with two attached hydrogens (primary N) is 1. The molecule has 0 fully saturated rings. The first-order valence-corrected chi connectivity index (χ1v) is 6.25. The quantitative estimate of drug-likeness (QED) is 0.658. The number of hydrazine groups is 1. The van der Waals surface area contributed by atoms with E-state index in [1.165, 1.54) is 16.7 Å². The number of benzene rings is 1. The summed E-state index contributed by atoms with van der Waals surface area (Å²) in [5, 5.41) is 0.380. The van der Waals surface area contributed by atoms with Gasteiger partial charge in [0.05, 0.1) is 6.04 Å². The summed E-state index contributed by atoms with van der Waals surface area (Å²) in [4.78, 5) is 0. The summed E-state index contributed by atoms with van der Waals surface area (Å²) in [6, 6.07) is 9.89. The van der Waals surface area contributed by atoms with Crippen LogP contribution < -0.4 is 11.3 Å². The number of furan rings is 1. The van der Waals surface area contributed by atoms with Crippen molar-refractivity contribution < 1.29 is 4.42 Å². The largest absolute Gasteiger partial charge is 0.448 e. The maximum Gasteiger partial charge on any atom is 0.193 e. The van der Waals surface area contributed by atoms with Gasteiger partial charge in [0.2, 0.25) is 0 Å². The van der Waals surface area contributed by atoms with Gasteiger partial charge < -0.3 is 4.42 Å². The van der Waals surface area contributed by atoms with Crippen LogP contribution in [0.2, 0.25) is 5.22 Å². The number of halogens is 1. The van der Waals surface area contributed by atoms with Crippen molar-refractivity contribution in [3.8, 4) is 0 Å². The van der Waals surface area contributed by atoms with Gasteiger partial charge in [0.15, 0.2) is 5.22 Å². The van der Waals surface area contributed by atoms with Gasteiger partial charge in [-0.25, -0.2) is 5.43 Å². The van der Waals surface area contributed by atoms with Crippen LogP contribution in [0.5, 0.6) is 0 Å². The molecule has 1 aromatic carbocycles.